The van der Waals surface area contributed by atoms with Gasteiger partial charge >= 0.3 is 0 Å². The van der Waals surface area contributed by atoms with Gasteiger partial charge in [0.15, 0.2) is 0 Å². The monoisotopic (exact) mass is 115 g/mol. The molecule has 0 saturated carbocycles. The molecule has 0 radical (unpaired) electrons. The molecule has 0 spiro atoms. The molecule has 0 aromatic heterocycles. The predicted molar refractivity (Wildman–Crippen MR) is 33.3 cm³/mol. The van der Waals surface area contributed by atoms with Crippen LogP contribution in [-0.2, 0) is 0 Å². The first-order chi connectivity index (χ1) is 1.41. The molecule has 0 aliphatic rings. The lowest BCUT2D eigenvalue weighted by molar-refractivity contribution is 1.02. The van der Waals surface area contributed by atoms with Crippen LogP contribution in [0.15, 0.2) is 0 Å². The Balaban J connectivity index is -0.0000000200. The van der Waals surface area contributed by atoms with Crippen LogP contribution in [0.4, 0.5) is 0 Å². The van der Waals surface area contributed by atoms with E-state index >= 15 is 0 Å². The summed E-state index contributed by atoms with van der Waals surface area (Å²) in [6.07, 6.45) is 0. The molecular weight excluding hydrogens is 104 g/mol. The molecule has 0 aliphatic heterocycles. The summed E-state index contributed by atoms with van der Waals surface area (Å²) in [5, 5.41) is 2.75. The van der Waals surface area contributed by atoms with Gasteiger partial charge in [-0.1, -0.05) is 0 Å². The summed E-state index contributed by atoms with van der Waals surface area (Å²) in [4.78, 5) is 0. The quantitative estimate of drug-likeness (QED) is 0.449. The van der Waals surface area contributed by atoms with Gasteiger partial charge in [-0.15, -0.1) is 12.4 Å². The number of hydrogen-bond acceptors (Lipinski definition) is 1. The highest BCUT2D eigenvalue weighted by molar-refractivity contribution is 6.92. The summed E-state index contributed by atoms with van der Waals surface area (Å²) < 4.78 is 0. The fourth-order valence-electron chi connectivity index (χ4n) is 0. The molecule has 1 atom stereocenters. The Kier molecular flexibility index (Phi) is 77.8. The first-order valence-electron chi connectivity index (χ1n) is 1.00. The Bertz CT molecular complexity index is 9.61. The standard InChI is InChI=1S/C2H7N.ClH.H3P/c1-3-2;;/h3H,1-2H3;1H;1H3. The summed E-state index contributed by atoms with van der Waals surface area (Å²) in [5.74, 6) is 0. The van der Waals surface area contributed by atoms with E-state index in [2.05, 4.69) is 5.32 Å². The highest BCUT2D eigenvalue weighted by Gasteiger charge is 1.25. The molecule has 5 heavy (non-hydrogen) atoms. The largest absolute Gasteiger partial charge is 0.323 e. The van der Waals surface area contributed by atoms with Crippen molar-refractivity contribution >= 4 is 22.3 Å². The van der Waals surface area contributed by atoms with Gasteiger partial charge in [-0.3, -0.25) is 0 Å². The molecule has 0 aliphatic carbocycles. The zero-order valence-corrected chi connectivity index (χ0v) is 5.85. The second kappa shape index (κ2) is 22.5. The van der Waals surface area contributed by atoms with Crippen LogP contribution < -0.4 is 5.32 Å². The highest BCUT2D eigenvalue weighted by Crippen LogP contribution is 0.981. The van der Waals surface area contributed by atoms with Gasteiger partial charge in [-0.05, 0) is 14.1 Å². The van der Waals surface area contributed by atoms with Crippen LogP contribution in [0.5, 0.6) is 0 Å². The molecule has 1 nitrogen and oxygen atoms in total. The fourth-order valence-corrected chi connectivity index (χ4v) is 0. The van der Waals surface area contributed by atoms with E-state index in [-0.39, 0.29) is 22.3 Å². The third kappa shape index (κ3) is 72.7. The van der Waals surface area contributed by atoms with Crippen molar-refractivity contribution in [3.05, 3.63) is 0 Å². The van der Waals surface area contributed by atoms with E-state index in [0.29, 0.717) is 0 Å². The molecule has 3 heteroatoms. The van der Waals surface area contributed by atoms with Gasteiger partial charge in [0.05, 0.1) is 0 Å². The van der Waals surface area contributed by atoms with Gasteiger partial charge in [0.2, 0.25) is 0 Å². The van der Waals surface area contributed by atoms with Gasteiger partial charge in [0.25, 0.3) is 0 Å². The smallest absolute Gasteiger partial charge is 0.0167 e. The summed E-state index contributed by atoms with van der Waals surface area (Å²) in [5.41, 5.74) is 0. The first-order valence-corrected chi connectivity index (χ1v) is 1.00. The Morgan fingerprint density at radius 3 is 1.20 bits per heavy atom. The first kappa shape index (κ1) is 17.3. The maximum absolute atomic E-state index is 2.75. The fraction of sp³-hybridized carbons (Fsp3) is 1.00. The minimum Gasteiger partial charge on any atom is -0.323 e. The van der Waals surface area contributed by atoms with Crippen molar-refractivity contribution in [1.82, 2.24) is 5.32 Å². The molecule has 0 aromatic carbocycles. The third-order valence-corrected chi connectivity index (χ3v) is 0. The molecule has 0 bridgehead atoms. The van der Waals surface area contributed by atoms with Crippen LogP contribution in [0.25, 0.3) is 0 Å². The van der Waals surface area contributed by atoms with E-state index < -0.39 is 0 Å². The van der Waals surface area contributed by atoms with Crippen LogP contribution in [0.1, 0.15) is 0 Å². The predicted octanol–water partition coefficient (Wildman–Crippen LogP) is 0.315. The third-order valence-electron chi connectivity index (χ3n) is 0. The SMILES string of the molecule is CNC.Cl.P. The van der Waals surface area contributed by atoms with Crippen LogP contribution in [0.2, 0.25) is 0 Å². The van der Waals surface area contributed by atoms with Crippen LogP contribution in [0, 0.1) is 0 Å². The molecule has 36 valence electrons. The van der Waals surface area contributed by atoms with Crippen molar-refractivity contribution in [3.63, 3.8) is 0 Å². The molecular formula is C2H11ClNP. The Morgan fingerprint density at radius 1 is 1.20 bits per heavy atom. The molecule has 0 fully saturated rings. The zero-order chi connectivity index (χ0) is 2.71. The molecule has 0 heterocycles. The summed E-state index contributed by atoms with van der Waals surface area (Å²) in [6.45, 7) is 0. The van der Waals surface area contributed by atoms with E-state index in [0.717, 1.165) is 0 Å². The molecule has 0 amide bonds. The van der Waals surface area contributed by atoms with E-state index in [9.17, 15) is 0 Å². The van der Waals surface area contributed by atoms with Crippen molar-refractivity contribution in [2.24, 2.45) is 0 Å². The van der Waals surface area contributed by atoms with Gasteiger partial charge in [0.1, 0.15) is 0 Å². The molecule has 0 rings (SSSR count). The number of halogens is 1. The number of hydrogen-bond donors (Lipinski definition) is 1. The van der Waals surface area contributed by atoms with Crippen molar-refractivity contribution in [2.45, 2.75) is 0 Å². The van der Waals surface area contributed by atoms with Crippen molar-refractivity contribution in [1.29, 1.82) is 0 Å². The van der Waals surface area contributed by atoms with E-state index in [1.54, 1.807) is 0 Å². The van der Waals surface area contributed by atoms with Crippen LogP contribution in [-0.4, -0.2) is 14.1 Å². The Labute approximate surface area is 42.6 Å². The number of rotatable bonds is 0. The van der Waals surface area contributed by atoms with Gasteiger partial charge < -0.3 is 5.32 Å². The zero-order valence-electron chi connectivity index (χ0n) is 3.62. The van der Waals surface area contributed by atoms with Crippen molar-refractivity contribution < 1.29 is 0 Å². The molecule has 0 aromatic rings. The second-order valence-corrected chi connectivity index (χ2v) is 0.500. The Morgan fingerprint density at radius 2 is 1.20 bits per heavy atom. The topological polar surface area (TPSA) is 12.0 Å². The minimum absolute atomic E-state index is 0. The lowest BCUT2D eigenvalue weighted by atomic mass is 11.3. The highest BCUT2D eigenvalue weighted by atomic mass is 35.5. The van der Waals surface area contributed by atoms with Gasteiger partial charge in [-0.2, -0.15) is 9.90 Å². The minimum atomic E-state index is 0. The van der Waals surface area contributed by atoms with Crippen LogP contribution in [0.3, 0.4) is 0 Å². The number of nitrogens with one attached hydrogen (secondary N) is 1. The normalized spacial score (nSPS) is 3.60. The van der Waals surface area contributed by atoms with Crippen molar-refractivity contribution in [2.75, 3.05) is 14.1 Å². The molecule has 1 unspecified atom stereocenters. The van der Waals surface area contributed by atoms with E-state index in [1.165, 1.54) is 0 Å². The van der Waals surface area contributed by atoms with E-state index in [1.807, 2.05) is 14.1 Å². The Hall–Kier alpha value is 0.680. The van der Waals surface area contributed by atoms with Gasteiger partial charge in [0, 0.05) is 0 Å². The average molecular weight is 116 g/mol. The average Bonchev–Trinajstić information content (AvgIpc) is 0.918. The van der Waals surface area contributed by atoms with Crippen LogP contribution >= 0.6 is 22.3 Å². The molecule has 0 saturated heterocycles. The maximum atomic E-state index is 2.75. The lowest BCUT2D eigenvalue weighted by Crippen LogP contribution is -1.89. The van der Waals surface area contributed by atoms with Crippen molar-refractivity contribution in [3.8, 4) is 0 Å². The summed E-state index contributed by atoms with van der Waals surface area (Å²) in [7, 11) is 3.75. The second-order valence-electron chi connectivity index (χ2n) is 0.500. The van der Waals surface area contributed by atoms with E-state index in [4.69, 9.17) is 0 Å². The maximum Gasteiger partial charge on any atom is -0.0167 e. The summed E-state index contributed by atoms with van der Waals surface area (Å²) >= 11 is 0. The van der Waals surface area contributed by atoms with Gasteiger partial charge in [-0.25, -0.2) is 0 Å². The summed E-state index contributed by atoms with van der Waals surface area (Å²) in [6, 6.07) is 0. The lowest BCUT2D eigenvalue weighted by Gasteiger charge is -1.59. The molecule has 1 N–H and O–H groups in total.